The molecule has 3 aromatic rings. The van der Waals surface area contributed by atoms with E-state index in [1.807, 2.05) is 36.4 Å². The molecule has 8 nitrogen and oxygen atoms in total. The van der Waals surface area contributed by atoms with Gasteiger partial charge in [-0.3, -0.25) is 4.79 Å². The molecule has 5 rings (SSSR count). The van der Waals surface area contributed by atoms with Gasteiger partial charge in [-0.05, 0) is 74.4 Å². The van der Waals surface area contributed by atoms with E-state index in [1.54, 1.807) is 20.8 Å². The maximum Gasteiger partial charge on any atom is 0.436 e. The molecule has 210 valence electrons. The number of fused-ring (bicyclic) bond motifs is 2. The predicted octanol–water partition coefficient (Wildman–Crippen LogP) is 4.83. The number of hydrogen-bond donors (Lipinski definition) is 3. The van der Waals surface area contributed by atoms with E-state index in [2.05, 4.69) is 39.5 Å². The van der Waals surface area contributed by atoms with E-state index >= 15 is 0 Å². The van der Waals surface area contributed by atoms with Crippen LogP contribution in [-0.2, 0) is 22.5 Å². The predicted molar refractivity (Wildman–Crippen MR) is 157 cm³/mol. The van der Waals surface area contributed by atoms with Crippen LogP contribution in [0.3, 0.4) is 0 Å². The first kappa shape index (κ1) is 27.6. The molecule has 0 radical (unpaired) electrons. The number of rotatable bonds is 5. The number of anilines is 1. The fourth-order valence-electron chi connectivity index (χ4n) is 5.66. The molecule has 2 aliphatic rings. The molecule has 1 heterocycles. The number of nitrogens with two attached hydrogens (primary N) is 1. The first-order chi connectivity index (χ1) is 19.1. The number of amidine groups is 1. The number of aliphatic hydroxyl groups excluding tert-OH is 1. The molecule has 1 unspecified atom stereocenters. The number of nitrogens with one attached hydrogen (secondary N) is 1. The number of aliphatic imine (C=N–C) groups is 1. The van der Waals surface area contributed by atoms with Crippen LogP contribution in [-0.4, -0.2) is 46.7 Å². The Labute approximate surface area is 235 Å². The fraction of sp³-hybridized carbons (Fsp3) is 0.406. The lowest BCUT2D eigenvalue weighted by Crippen LogP contribution is -2.49. The third-order valence-corrected chi connectivity index (χ3v) is 7.65. The number of hydrogen-bond acceptors (Lipinski definition) is 5. The molecule has 4 N–H and O–H groups in total. The summed E-state index contributed by atoms with van der Waals surface area (Å²) in [5, 5.41) is 15.4. The number of aliphatic hydroxyl groups is 1. The van der Waals surface area contributed by atoms with Crippen LogP contribution >= 0.6 is 0 Å². The van der Waals surface area contributed by atoms with Gasteiger partial charge in [0, 0.05) is 30.3 Å². The van der Waals surface area contributed by atoms with Gasteiger partial charge >= 0.3 is 6.09 Å². The average Bonchev–Trinajstić information content (AvgIpc) is 3.27. The minimum Gasteiger partial charge on any atom is -0.442 e. The Morgan fingerprint density at radius 2 is 1.77 bits per heavy atom. The van der Waals surface area contributed by atoms with Crippen LogP contribution in [0.25, 0.3) is 10.8 Å². The lowest BCUT2D eigenvalue weighted by atomic mass is 9.93. The maximum absolute atomic E-state index is 13.7. The van der Waals surface area contributed by atoms with E-state index in [-0.39, 0.29) is 23.9 Å². The normalized spacial score (nSPS) is 21.2. The molecule has 0 saturated heterocycles. The highest BCUT2D eigenvalue weighted by atomic mass is 16.6. The Hall–Kier alpha value is -3.91. The van der Waals surface area contributed by atoms with E-state index in [1.165, 1.54) is 0 Å². The second-order valence-corrected chi connectivity index (χ2v) is 11.8. The van der Waals surface area contributed by atoms with Crippen molar-refractivity contribution < 1.29 is 19.4 Å². The first-order valence-corrected chi connectivity index (χ1v) is 14.0. The van der Waals surface area contributed by atoms with Crippen LogP contribution in [0.4, 0.5) is 10.5 Å². The molecule has 0 aromatic heterocycles. The van der Waals surface area contributed by atoms with Crippen LogP contribution in [0.5, 0.6) is 0 Å². The Morgan fingerprint density at radius 3 is 2.52 bits per heavy atom. The molecule has 1 saturated carbocycles. The van der Waals surface area contributed by atoms with Gasteiger partial charge in [0.15, 0.2) is 0 Å². The Bertz CT molecular complexity index is 1430. The van der Waals surface area contributed by atoms with Gasteiger partial charge in [-0.2, -0.15) is 4.99 Å². The molecule has 1 aliphatic heterocycles. The van der Waals surface area contributed by atoms with Gasteiger partial charge in [-0.1, -0.05) is 54.6 Å². The van der Waals surface area contributed by atoms with Gasteiger partial charge in [-0.25, -0.2) is 4.79 Å². The molecule has 1 atom stereocenters. The third kappa shape index (κ3) is 6.28. The van der Waals surface area contributed by atoms with Crippen molar-refractivity contribution >= 4 is 34.3 Å². The lowest BCUT2D eigenvalue weighted by Gasteiger charge is -2.31. The third-order valence-electron chi connectivity index (χ3n) is 7.65. The summed E-state index contributed by atoms with van der Waals surface area (Å²) < 4.78 is 5.31. The smallest absolute Gasteiger partial charge is 0.436 e. The minimum absolute atomic E-state index is 0.0187. The zero-order valence-electron chi connectivity index (χ0n) is 23.4. The van der Waals surface area contributed by atoms with Gasteiger partial charge < -0.3 is 25.8 Å². The largest absolute Gasteiger partial charge is 0.442 e. The summed E-state index contributed by atoms with van der Waals surface area (Å²) in [5.41, 5.74) is 9.21. The molecule has 1 fully saturated rings. The highest BCUT2D eigenvalue weighted by Crippen LogP contribution is 2.36. The average molecular weight is 543 g/mol. The summed E-state index contributed by atoms with van der Waals surface area (Å²) in [5.74, 6) is 0.0468. The van der Waals surface area contributed by atoms with Gasteiger partial charge in [0.05, 0.1) is 6.10 Å². The second kappa shape index (κ2) is 11.3. The quantitative estimate of drug-likeness (QED) is 0.314. The molecule has 1 aliphatic carbocycles. The molecule has 0 spiro atoms. The van der Waals surface area contributed by atoms with E-state index < -0.39 is 17.7 Å². The summed E-state index contributed by atoms with van der Waals surface area (Å²) in [6, 6.07) is 19.8. The van der Waals surface area contributed by atoms with Gasteiger partial charge in [-0.15, -0.1) is 0 Å². The maximum atomic E-state index is 13.7. The number of carbonyl (C=O) groups excluding carboxylic acids is 2. The van der Waals surface area contributed by atoms with Gasteiger partial charge in [0.25, 0.3) is 0 Å². The van der Waals surface area contributed by atoms with Crippen molar-refractivity contribution in [2.45, 2.75) is 83.2 Å². The molecular weight excluding hydrogens is 504 g/mol. The zero-order chi connectivity index (χ0) is 28.4. The minimum atomic E-state index is -0.743. The van der Waals surface area contributed by atoms with Crippen molar-refractivity contribution in [1.82, 2.24) is 5.32 Å². The van der Waals surface area contributed by atoms with Crippen LogP contribution < -0.4 is 16.0 Å². The van der Waals surface area contributed by atoms with Crippen molar-refractivity contribution in [1.29, 1.82) is 0 Å². The van der Waals surface area contributed by atoms with Crippen LogP contribution in [0.2, 0.25) is 0 Å². The summed E-state index contributed by atoms with van der Waals surface area (Å²) >= 11 is 0. The summed E-state index contributed by atoms with van der Waals surface area (Å²) in [6.07, 6.45) is 2.50. The summed E-state index contributed by atoms with van der Waals surface area (Å²) in [6.45, 7) is 5.86. The highest BCUT2D eigenvalue weighted by Gasteiger charge is 2.36. The van der Waals surface area contributed by atoms with Crippen molar-refractivity contribution in [2.24, 2.45) is 10.7 Å². The summed E-state index contributed by atoms with van der Waals surface area (Å²) in [7, 11) is 0. The van der Waals surface area contributed by atoms with Crippen molar-refractivity contribution in [3.63, 3.8) is 0 Å². The standard InChI is InChI=1S/C32H38N4O4/c1-32(2,3)40-31(39)35-29(33)22-12-11-21-17-28(30(38)34-24-13-15-25(37)16-14-24)36(27(21)18-22)19-23-9-6-8-20-7-4-5-10-26(20)23/h4-12,18,24-25,28,37H,13-17,19H2,1-3H3,(H,34,38)(H2,33,35,39). The van der Waals surface area contributed by atoms with Gasteiger partial charge in [0.1, 0.15) is 17.5 Å². The molecule has 3 aromatic carbocycles. The fourth-order valence-corrected chi connectivity index (χ4v) is 5.66. The number of carbonyl (C=O) groups is 2. The van der Waals surface area contributed by atoms with Crippen LogP contribution in [0.1, 0.15) is 63.1 Å². The van der Waals surface area contributed by atoms with E-state index in [0.29, 0.717) is 31.4 Å². The summed E-state index contributed by atoms with van der Waals surface area (Å²) in [4.78, 5) is 32.1. The molecule has 2 amide bonds. The zero-order valence-corrected chi connectivity index (χ0v) is 23.4. The van der Waals surface area contributed by atoms with Crippen molar-refractivity contribution in [3.05, 3.63) is 77.4 Å². The SMILES string of the molecule is CC(C)(C)OC(=O)/N=C(\N)c1ccc2c(c1)N(Cc1cccc3ccccc13)C(C(=O)NC1CCC(O)CC1)C2. The second-order valence-electron chi connectivity index (χ2n) is 11.8. The van der Waals surface area contributed by atoms with Gasteiger partial charge in [0.2, 0.25) is 5.91 Å². The van der Waals surface area contributed by atoms with Crippen LogP contribution in [0.15, 0.2) is 65.7 Å². The Balaban J connectivity index is 1.46. The number of amides is 2. The Kier molecular flexibility index (Phi) is 7.81. The van der Waals surface area contributed by atoms with Crippen molar-refractivity contribution in [2.75, 3.05) is 4.90 Å². The first-order valence-electron chi connectivity index (χ1n) is 14.0. The van der Waals surface area contributed by atoms with Crippen molar-refractivity contribution in [3.8, 4) is 0 Å². The highest BCUT2D eigenvalue weighted by molar-refractivity contribution is 6.04. The van der Waals surface area contributed by atoms with E-state index in [0.717, 1.165) is 40.4 Å². The van der Waals surface area contributed by atoms with E-state index in [9.17, 15) is 14.7 Å². The lowest BCUT2D eigenvalue weighted by molar-refractivity contribution is -0.123. The monoisotopic (exact) mass is 542 g/mol. The number of benzene rings is 3. The van der Waals surface area contributed by atoms with E-state index in [4.69, 9.17) is 10.5 Å². The molecule has 8 heteroatoms. The van der Waals surface area contributed by atoms with Crippen LogP contribution in [0, 0.1) is 0 Å². The number of nitrogens with zero attached hydrogens (tertiary/aromatic N) is 2. The molecule has 40 heavy (non-hydrogen) atoms. The molecular formula is C32H38N4O4. The Morgan fingerprint density at radius 1 is 1.05 bits per heavy atom. The topological polar surface area (TPSA) is 117 Å². The number of ether oxygens (including phenoxy) is 1. The molecule has 0 bridgehead atoms.